The number of aromatic nitrogens is 1. The molecule has 0 aliphatic heterocycles. The summed E-state index contributed by atoms with van der Waals surface area (Å²) in [6.45, 7) is 7.07. The van der Waals surface area contributed by atoms with Crippen LogP contribution in [0.5, 0.6) is 0 Å². The second-order valence-electron chi connectivity index (χ2n) is 4.53. The van der Waals surface area contributed by atoms with Crippen LogP contribution in [0.4, 0.5) is 0 Å². The molecule has 0 saturated heterocycles. The number of carbonyl (C=O) groups excluding carboxylic acids is 1. The van der Waals surface area contributed by atoms with Gasteiger partial charge in [-0.2, -0.15) is 0 Å². The smallest absolute Gasteiger partial charge is 0.354 e. The van der Waals surface area contributed by atoms with E-state index in [-0.39, 0.29) is 23.2 Å². The summed E-state index contributed by atoms with van der Waals surface area (Å²) in [5.74, 6) is -0.529. The third kappa shape index (κ3) is 3.36. The van der Waals surface area contributed by atoms with Gasteiger partial charge in [-0.15, -0.1) is 0 Å². The Morgan fingerprint density at radius 3 is 2.53 bits per heavy atom. The summed E-state index contributed by atoms with van der Waals surface area (Å²) < 4.78 is 33.2. The SMILES string of the molecule is CCOC(=O)c1cc(S(=O)(=O)NC(C)C)c(C)n1C. The summed E-state index contributed by atoms with van der Waals surface area (Å²) in [5, 5.41) is 0. The second kappa shape index (κ2) is 5.75. The number of rotatable bonds is 5. The number of hydrogen-bond acceptors (Lipinski definition) is 4. The van der Waals surface area contributed by atoms with E-state index in [2.05, 4.69) is 4.72 Å². The van der Waals surface area contributed by atoms with Crippen LogP contribution < -0.4 is 4.72 Å². The molecule has 1 aromatic heterocycles. The van der Waals surface area contributed by atoms with Crippen LogP contribution >= 0.6 is 0 Å². The minimum atomic E-state index is -3.62. The molecule has 0 unspecified atom stereocenters. The average Bonchev–Trinajstić information content (AvgIpc) is 2.55. The molecule has 108 valence electrons. The first-order chi connectivity index (χ1) is 8.70. The van der Waals surface area contributed by atoms with Gasteiger partial charge in [0.25, 0.3) is 0 Å². The highest BCUT2D eigenvalue weighted by Crippen LogP contribution is 2.20. The predicted molar refractivity (Wildman–Crippen MR) is 71.6 cm³/mol. The maximum absolute atomic E-state index is 12.1. The number of esters is 1. The van der Waals surface area contributed by atoms with Crippen LogP contribution in [0.1, 0.15) is 37.0 Å². The molecule has 1 aromatic rings. The monoisotopic (exact) mass is 288 g/mol. The van der Waals surface area contributed by atoms with Crippen LogP contribution in [0.3, 0.4) is 0 Å². The lowest BCUT2D eigenvalue weighted by Gasteiger charge is -2.09. The lowest BCUT2D eigenvalue weighted by atomic mass is 10.4. The van der Waals surface area contributed by atoms with E-state index in [4.69, 9.17) is 4.74 Å². The largest absolute Gasteiger partial charge is 0.461 e. The minimum absolute atomic E-state index is 0.103. The number of ether oxygens (including phenoxy) is 1. The van der Waals surface area contributed by atoms with Crippen LogP contribution in [0.2, 0.25) is 0 Å². The molecule has 1 N–H and O–H groups in total. The second-order valence-corrected chi connectivity index (χ2v) is 6.22. The van der Waals surface area contributed by atoms with E-state index in [1.807, 2.05) is 0 Å². The Balaban J connectivity index is 3.26. The van der Waals surface area contributed by atoms with Crippen molar-refractivity contribution in [3.05, 3.63) is 17.5 Å². The molecule has 0 aliphatic rings. The lowest BCUT2D eigenvalue weighted by Crippen LogP contribution is -2.30. The molecule has 0 amide bonds. The molecule has 19 heavy (non-hydrogen) atoms. The molecule has 0 spiro atoms. The molecular weight excluding hydrogens is 268 g/mol. The molecule has 1 rings (SSSR count). The minimum Gasteiger partial charge on any atom is -0.461 e. The van der Waals surface area contributed by atoms with Crippen molar-refractivity contribution in [1.82, 2.24) is 9.29 Å². The highest BCUT2D eigenvalue weighted by Gasteiger charge is 2.25. The van der Waals surface area contributed by atoms with Crippen molar-refractivity contribution in [2.24, 2.45) is 7.05 Å². The average molecular weight is 288 g/mol. The number of nitrogens with one attached hydrogen (secondary N) is 1. The summed E-state index contributed by atoms with van der Waals surface area (Å²) in [6, 6.07) is 1.13. The summed E-state index contributed by atoms with van der Waals surface area (Å²) in [7, 11) is -1.98. The molecule has 0 aromatic carbocycles. The van der Waals surface area contributed by atoms with Crippen molar-refractivity contribution >= 4 is 16.0 Å². The zero-order chi connectivity index (χ0) is 14.8. The van der Waals surface area contributed by atoms with E-state index in [1.165, 1.54) is 10.6 Å². The highest BCUT2D eigenvalue weighted by atomic mass is 32.2. The molecule has 0 atom stereocenters. The Morgan fingerprint density at radius 1 is 1.47 bits per heavy atom. The fourth-order valence-electron chi connectivity index (χ4n) is 1.72. The summed E-state index contributed by atoms with van der Waals surface area (Å²) in [6.07, 6.45) is 0. The van der Waals surface area contributed by atoms with Gasteiger partial charge in [-0.3, -0.25) is 0 Å². The number of hydrogen-bond donors (Lipinski definition) is 1. The van der Waals surface area contributed by atoms with Crippen LogP contribution in [0, 0.1) is 6.92 Å². The Bertz CT molecular complexity index is 573. The van der Waals surface area contributed by atoms with Gasteiger partial charge in [-0.05, 0) is 33.8 Å². The van der Waals surface area contributed by atoms with Crippen molar-refractivity contribution in [3.8, 4) is 0 Å². The summed E-state index contributed by atoms with van der Waals surface area (Å²) in [4.78, 5) is 11.8. The van der Waals surface area contributed by atoms with Gasteiger partial charge in [0.1, 0.15) is 10.6 Å². The van der Waals surface area contributed by atoms with Gasteiger partial charge < -0.3 is 9.30 Å². The Labute approximate surface area is 113 Å². The van der Waals surface area contributed by atoms with E-state index in [1.54, 1.807) is 34.7 Å². The molecule has 0 fully saturated rings. The predicted octanol–water partition coefficient (Wildman–Crippen LogP) is 1.20. The first-order valence-electron chi connectivity index (χ1n) is 6.06. The fraction of sp³-hybridized carbons (Fsp3) is 0.583. The standard InChI is InChI=1S/C12H20N2O4S/c1-6-18-12(15)10-7-11(9(4)14(10)5)19(16,17)13-8(2)3/h7-8,13H,6H2,1-5H3. The summed E-state index contributed by atoms with van der Waals surface area (Å²) >= 11 is 0. The Hall–Kier alpha value is -1.34. The van der Waals surface area contributed by atoms with E-state index >= 15 is 0 Å². The third-order valence-electron chi connectivity index (χ3n) is 2.65. The maximum Gasteiger partial charge on any atom is 0.354 e. The molecule has 0 radical (unpaired) electrons. The zero-order valence-electron chi connectivity index (χ0n) is 11.9. The van der Waals surface area contributed by atoms with Gasteiger partial charge in [0.05, 0.1) is 6.61 Å². The zero-order valence-corrected chi connectivity index (χ0v) is 12.7. The van der Waals surface area contributed by atoms with Crippen LogP contribution in [0.25, 0.3) is 0 Å². The van der Waals surface area contributed by atoms with Gasteiger partial charge in [-0.25, -0.2) is 17.9 Å². The third-order valence-corrected chi connectivity index (χ3v) is 4.43. The van der Waals surface area contributed by atoms with Crippen molar-refractivity contribution in [2.45, 2.75) is 38.6 Å². The molecule has 0 saturated carbocycles. The first kappa shape index (κ1) is 15.7. The van der Waals surface area contributed by atoms with Gasteiger partial charge >= 0.3 is 5.97 Å². The van der Waals surface area contributed by atoms with E-state index < -0.39 is 16.0 Å². The van der Waals surface area contributed by atoms with E-state index in [0.717, 1.165) is 0 Å². The van der Waals surface area contributed by atoms with Gasteiger partial charge in [0, 0.05) is 18.8 Å². The molecule has 6 nitrogen and oxygen atoms in total. The normalized spacial score (nSPS) is 11.9. The Kier molecular flexibility index (Phi) is 4.75. The maximum atomic E-state index is 12.1. The van der Waals surface area contributed by atoms with Gasteiger partial charge in [-0.1, -0.05) is 0 Å². The summed E-state index contributed by atoms with van der Waals surface area (Å²) in [5.41, 5.74) is 0.722. The van der Waals surface area contributed by atoms with Crippen molar-refractivity contribution in [2.75, 3.05) is 6.61 Å². The van der Waals surface area contributed by atoms with Gasteiger partial charge in [0.2, 0.25) is 10.0 Å². The molecule has 0 aliphatic carbocycles. The van der Waals surface area contributed by atoms with Crippen LogP contribution in [-0.4, -0.2) is 31.6 Å². The van der Waals surface area contributed by atoms with Crippen LogP contribution in [-0.2, 0) is 21.8 Å². The highest BCUT2D eigenvalue weighted by molar-refractivity contribution is 7.89. The number of sulfonamides is 1. The number of nitrogens with zero attached hydrogens (tertiary/aromatic N) is 1. The molecule has 7 heteroatoms. The molecule has 1 heterocycles. The molecule has 0 bridgehead atoms. The lowest BCUT2D eigenvalue weighted by molar-refractivity contribution is 0.0515. The van der Waals surface area contributed by atoms with Crippen molar-refractivity contribution < 1.29 is 17.9 Å². The Morgan fingerprint density at radius 2 is 2.05 bits per heavy atom. The van der Waals surface area contributed by atoms with E-state index in [9.17, 15) is 13.2 Å². The van der Waals surface area contributed by atoms with E-state index in [0.29, 0.717) is 5.69 Å². The quantitative estimate of drug-likeness (QED) is 0.826. The van der Waals surface area contributed by atoms with Gasteiger partial charge in [0.15, 0.2) is 0 Å². The fourth-order valence-corrected chi connectivity index (χ4v) is 3.26. The first-order valence-corrected chi connectivity index (χ1v) is 7.54. The molecular formula is C12H20N2O4S. The number of carbonyl (C=O) groups is 1. The van der Waals surface area contributed by atoms with Crippen molar-refractivity contribution in [3.63, 3.8) is 0 Å². The van der Waals surface area contributed by atoms with Crippen molar-refractivity contribution in [1.29, 1.82) is 0 Å². The topological polar surface area (TPSA) is 77.4 Å². The van der Waals surface area contributed by atoms with Crippen LogP contribution in [0.15, 0.2) is 11.0 Å².